The molecule has 0 aromatic rings. The molecule has 0 saturated heterocycles. The van der Waals surface area contributed by atoms with Crippen molar-refractivity contribution in [2.45, 2.75) is 44.6 Å². The van der Waals surface area contributed by atoms with Crippen molar-refractivity contribution in [3.8, 4) is 0 Å². The number of aliphatic hydroxyl groups excluding tert-OH is 1. The summed E-state index contributed by atoms with van der Waals surface area (Å²) in [6, 6.07) is 0. The highest BCUT2D eigenvalue weighted by Crippen LogP contribution is 2.36. The molecule has 0 bridgehead atoms. The molecule has 2 unspecified atom stereocenters. The zero-order chi connectivity index (χ0) is 7.68. The van der Waals surface area contributed by atoms with E-state index in [4.69, 9.17) is 0 Å². The van der Waals surface area contributed by atoms with E-state index >= 15 is 0 Å². The zero-order valence-corrected chi connectivity index (χ0v) is 6.92. The predicted octanol–water partition coefficient (Wildman–Crippen LogP) is 2.26. The molecule has 1 saturated carbocycles. The van der Waals surface area contributed by atoms with Gasteiger partial charge < -0.3 is 5.11 Å². The average molecular weight is 152 g/mol. The number of rotatable bonds is 0. The van der Waals surface area contributed by atoms with Gasteiger partial charge in [-0.1, -0.05) is 18.1 Å². The second-order valence-electron chi connectivity index (χ2n) is 3.78. The average Bonchev–Trinajstić information content (AvgIpc) is 2.06. The lowest BCUT2D eigenvalue weighted by molar-refractivity contribution is 0.0962. The molecule has 0 radical (unpaired) electrons. The van der Waals surface area contributed by atoms with Crippen molar-refractivity contribution in [3.05, 3.63) is 11.6 Å². The maximum Gasteiger partial charge on any atom is 0.0608 e. The van der Waals surface area contributed by atoms with E-state index in [2.05, 4.69) is 6.08 Å². The number of hydrogen-bond acceptors (Lipinski definition) is 1. The van der Waals surface area contributed by atoms with Crippen LogP contribution < -0.4 is 0 Å². The molecular weight excluding hydrogens is 136 g/mol. The third-order valence-electron chi connectivity index (χ3n) is 3.04. The molecule has 0 heterocycles. The zero-order valence-electron chi connectivity index (χ0n) is 6.92. The fourth-order valence-electron chi connectivity index (χ4n) is 2.40. The topological polar surface area (TPSA) is 20.2 Å². The van der Waals surface area contributed by atoms with Crippen LogP contribution >= 0.6 is 0 Å². The van der Waals surface area contributed by atoms with Crippen molar-refractivity contribution in [3.63, 3.8) is 0 Å². The molecule has 1 heteroatoms. The fourth-order valence-corrected chi connectivity index (χ4v) is 2.40. The molecule has 1 N–H and O–H groups in total. The van der Waals surface area contributed by atoms with Gasteiger partial charge in [0.15, 0.2) is 0 Å². The van der Waals surface area contributed by atoms with Crippen molar-refractivity contribution < 1.29 is 5.11 Å². The molecule has 2 rings (SSSR count). The first-order chi connectivity index (χ1) is 5.38. The van der Waals surface area contributed by atoms with E-state index in [1.54, 1.807) is 5.57 Å². The van der Waals surface area contributed by atoms with E-state index < -0.39 is 0 Å². The maximum absolute atomic E-state index is 9.66. The van der Waals surface area contributed by atoms with Crippen LogP contribution in [0.2, 0.25) is 0 Å². The molecular formula is C10H16O. The summed E-state index contributed by atoms with van der Waals surface area (Å²) < 4.78 is 0. The first kappa shape index (κ1) is 7.35. The van der Waals surface area contributed by atoms with Crippen molar-refractivity contribution in [2.24, 2.45) is 5.92 Å². The summed E-state index contributed by atoms with van der Waals surface area (Å²) in [6.45, 7) is 0. The van der Waals surface area contributed by atoms with E-state index in [9.17, 15) is 5.11 Å². The normalized spacial score (nSPS) is 37.7. The lowest BCUT2D eigenvalue weighted by atomic mass is 9.76. The highest BCUT2D eigenvalue weighted by atomic mass is 16.3. The Kier molecular flexibility index (Phi) is 1.99. The summed E-state index contributed by atoms with van der Waals surface area (Å²) in [6.07, 6.45) is 9.58. The molecule has 0 aromatic heterocycles. The van der Waals surface area contributed by atoms with E-state index in [1.807, 2.05) is 0 Å². The Morgan fingerprint density at radius 1 is 1.27 bits per heavy atom. The second-order valence-corrected chi connectivity index (χ2v) is 3.78. The Bertz CT molecular complexity index is 172. The van der Waals surface area contributed by atoms with Gasteiger partial charge in [-0.2, -0.15) is 0 Å². The summed E-state index contributed by atoms with van der Waals surface area (Å²) in [5, 5.41) is 9.66. The molecule has 11 heavy (non-hydrogen) atoms. The van der Waals surface area contributed by atoms with Crippen LogP contribution in [0.15, 0.2) is 11.6 Å². The molecule has 1 nitrogen and oxygen atoms in total. The smallest absolute Gasteiger partial charge is 0.0608 e. The summed E-state index contributed by atoms with van der Waals surface area (Å²) in [4.78, 5) is 0. The Labute approximate surface area is 68.1 Å². The minimum Gasteiger partial charge on any atom is -0.392 e. The summed E-state index contributed by atoms with van der Waals surface area (Å²) >= 11 is 0. The first-order valence-corrected chi connectivity index (χ1v) is 4.75. The van der Waals surface area contributed by atoms with Gasteiger partial charge in [0.1, 0.15) is 0 Å². The third kappa shape index (κ3) is 1.34. The Morgan fingerprint density at radius 2 is 2.18 bits per heavy atom. The van der Waals surface area contributed by atoms with Crippen LogP contribution in [-0.2, 0) is 0 Å². The van der Waals surface area contributed by atoms with Gasteiger partial charge in [-0.15, -0.1) is 0 Å². The highest BCUT2D eigenvalue weighted by Gasteiger charge is 2.27. The van der Waals surface area contributed by atoms with Gasteiger partial charge >= 0.3 is 0 Å². The van der Waals surface area contributed by atoms with Crippen LogP contribution in [0, 0.1) is 5.92 Å². The number of allylic oxidation sites excluding steroid dienone is 1. The Hall–Kier alpha value is -0.300. The molecule has 0 spiro atoms. The molecule has 0 aliphatic heterocycles. The van der Waals surface area contributed by atoms with Gasteiger partial charge in [-0.05, 0) is 32.1 Å². The molecule has 0 amide bonds. The lowest BCUT2D eigenvalue weighted by Crippen LogP contribution is -2.27. The van der Waals surface area contributed by atoms with Crippen LogP contribution in [-0.4, -0.2) is 11.2 Å². The van der Waals surface area contributed by atoms with Crippen molar-refractivity contribution in [2.75, 3.05) is 0 Å². The summed E-state index contributed by atoms with van der Waals surface area (Å²) in [7, 11) is 0. The molecule has 1 fully saturated rings. The number of fused-ring (bicyclic) bond motifs is 1. The molecule has 2 aliphatic rings. The van der Waals surface area contributed by atoms with Gasteiger partial charge in [0.2, 0.25) is 0 Å². The first-order valence-electron chi connectivity index (χ1n) is 4.75. The minimum absolute atomic E-state index is 0.0182. The second kappa shape index (κ2) is 2.98. The van der Waals surface area contributed by atoms with E-state index in [1.165, 1.54) is 25.7 Å². The van der Waals surface area contributed by atoms with Gasteiger partial charge in [0.05, 0.1) is 6.10 Å². The predicted molar refractivity (Wildman–Crippen MR) is 45.3 cm³/mol. The molecule has 0 aromatic carbocycles. The van der Waals surface area contributed by atoms with Gasteiger partial charge in [0.25, 0.3) is 0 Å². The minimum atomic E-state index is -0.0182. The molecule has 2 atom stereocenters. The van der Waals surface area contributed by atoms with Crippen LogP contribution in [0.1, 0.15) is 38.5 Å². The maximum atomic E-state index is 9.66. The van der Waals surface area contributed by atoms with Gasteiger partial charge in [0, 0.05) is 5.92 Å². The SMILES string of the molecule is OC1CCC=C2CCCCC21. The van der Waals surface area contributed by atoms with E-state index in [0.717, 1.165) is 12.8 Å². The quantitative estimate of drug-likeness (QED) is 0.528. The number of aliphatic hydroxyl groups is 1. The standard InChI is InChI=1S/C10H16O/c11-10-7-3-5-8-4-1-2-6-9(8)10/h5,9-11H,1-4,6-7H2. The van der Waals surface area contributed by atoms with Crippen molar-refractivity contribution in [1.29, 1.82) is 0 Å². The highest BCUT2D eigenvalue weighted by molar-refractivity contribution is 5.14. The van der Waals surface area contributed by atoms with E-state index in [0.29, 0.717) is 5.92 Å². The Balaban J connectivity index is 2.13. The van der Waals surface area contributed by atoms with Gasteiger partial charge in [-0.25, -0.2) is 0 Å². The fraction of sp³-hybridized carbons (Fsp3) is 0.800. The Morgan fingerprint density at radius 3 is 3.00 bits per heavy atom. The summed E-state index contributed by atoms with van der Waals surface area (Å²) in [5.74, 6) is 0.539. The van der Waals surface area contributed by atoms with Crippen molar-refractivity contribution in [1.82, 2.24) is 0 Å². The lowest BCUT2D eigenvalue weighted by Gasteiger charge is -2.32. The number of hydrogen-bond donors (Lipinski definition) is 1. The van der Waals surface area contributed by atoms with Crippen LogP contribution in [0.3, 0.4) is 0 Å². The molecule has 62 valence electrons. The summed E-state index contributed by atoms with van der Waals surface area (Å²) in [5.41, 5.74) is 1.55. The van der Waals surface area contributed by atoms with Crippen LogP contribution in [0.4, 0.5) is 0 Å². The van der Waals surface area contributed by atoms with Crippen LogP contribution in [0.25, 0.3) is 0 Å². The third-order valence-corrected chi connectivity index (χ3v) is 3.04. The largest absolute Gasteiger partial charge is 0.392 e. The van der Waals surface area contributed by atoms with Crippen molar-refractivity contribution >= 4 is 0 Å². The monoisotopic (exact) mass is 152 g/mol. The van der Waals surface area contributed by atoms with Crippen LogP contribution in [0.5, 0.6) is 0 Å². The van der Waals surface area contributed by atoms with Gasteiger partial charge in [-0.3, -0.25) is 0 Å². The molecule has 2 aliphatic carbocycles. The van der Waals surface area contributed by atoms with E-state index in [-0.39, 0.29) is 6.10 Å².